The summed E-state index contributed by atoms with van der Waals surface area (Å²) in [6.45, 7) is 0. The van der Waals surface area contributed by atoms with Crippen LogP contribution < -0.4 is 15.4 Å². The number of rotatable bonds is 8. The van der Waals surface area contributed by atoms with Crippen LogP contribution in [0.5, 0.6) is 5.75 Å². The minimum Gasteiger partial charge on any atom is -0.497 e. The number of aromatic nitrogens is 1. The number of hydrogen-bond donors (Lipinski definition) is 2. The van der Waals surface area contributed by atoms with Gasteiger partial charge in [-0.25, -0.2) is 4.98 Å². The van der Waals surface area contributed by atoms with Gasteiger partial charge < -0.3 is 15.4 Å². The average Bonchev–Trinajstić information content (AvgIpc) is 3.53. The molecule has 30 heavy (non-hydrogen) atoms. The highest BCUT2D eigenvalue weighted by molar-refractivity contribution is 8.00. The van der Waals surface area contributed by atoms with Crippen molar-refractivity contribution in [1.82, 2.24) is 4.98 Å². The molecule has 2 N–H and O–H groups in total. The topological polar surface area (TPSA) is 80.3 Å². The Kier molecular flexibility index (Phi) is 6.35. The van der Waals surface area contributed by atoms with E-state index in [0.29, 0.717) is 5.13 Å². The van der Waals surface area contributed by atoms with Gasteiger partial charge in [0.25, 0.3) is 0 Å². The normalized spacial score (nSPS) is 13.0. The molecule has 1 aromatic heterocycles. The largest absolute Gasteiger partial charge is 0.497 e. The number of benzene rings is 2. The van der Waals surface area contributed by atoms with Gasteiger partial charge in [-0.05, 0) is 61.4 Å². The van der Waals surface area contributed by atoms with Crippen molar-refractivity contribution in [3.8, 4) is 17.0 Å². The van der Waals surface area contributed by atoms with Gasteiger partial charge in [-0.3, -0.25) is 9.59 Å². The van der Waals surface area contributed by atoms with Crippen molar-refractivity contribution >= 4 is 45.7 Å². The van der Waals surface area contributed by atoms with Crippen molar-refractivity contribution in [3.05, 3.63) is 53.9 Å². The summed E-state index contributed by atoms with van der Waals surface area (Å²) < 4.78 is 5.17. The van der Waals surface area contributed by atoms with Gasteiger partial charge in [0.1, 0.15) is 5.75 Å². The first-order valence-electron chi connectivity index (χ1n) is 9.54. The Morgan fingerprint density at radius 1 is 1.10 bits per heavy atom. The van der Waals surface area contributed by atoms with Crippen LogP contribution in [0.1, 0.15) is 12.8 Å². The molecule has 0 spiro atoms. The van der Waals surface area contributed by atoms with E-state index in [9.17, 15) is 9.59 Å². The summed E-state index contributed by atoms with van der Waals surface area (Å²) in [4.78, 5) is 29.5. The van der Waals surface area contributed by atoms with Crippen LogP contribution >= 0.6 is 23.1 Å². The molecule has 6 nitrogen and oxygen atoms in total. The number of thiazole rings is 1. The Balaban J connectivity index is 1.26. The molecule has 8 heteroatoms. The fourth-order valence-electron chi connectivity index (χ4n) is 2.75. The summed E-state index contributed by atoms with van der Waals surface area (Å²) in [6, 6.07) is 15.2. The second-order valence-corrected chi connectivity index (χ2v) is 8.80. The number of anilines is 2. The predicted octanol–water partition coefficient (Wildman–Crippen LogP) is 4.90. The van der Waals surface area contributed by atoms with Crippen molar-refractivity contribution < 1.29 is 14.3 Å². The highest BCUT2D eigenvalue weighted by Crippen LogP contribution is 2.30. The lowest BCUT2D eigenvalue weighted by Gasteiger charge is -2.06. The number of amides is 2. The van der Waals surface area contributed by atoms with Crippen molar-refractivity contribution in [3.63, 3.8) is 0 Å². The number of carbonyl (C=O) groups excluding carboxylic acids is 2. The molecule has 2 aromatic carbocycles. The molecule has 1 fully saturated rings. The standard InChI is InChI=1S/C22H21N3O3S2/c1-28-17-8-4-14(5-9-17)19-12-30-22(24-19)25-20(26)13-29-18-10-6-16(7-11-18)23-21(27)15-2-3-15/h4-12,15H,2-3,13H2,1H3,(H,23,27)(H,24,25,26). The first-order chi connectivity index (χ1) is 14.6. The van der Waals surface area contributed by atoms with Crippen LogP contribution in [0.15, 0.2) is 58.8 Å². The van der Waals surface area contributed by atoms with Crippen molar-refractivity contribution in [1.29, 1.82) is 0 Å². The summed E-state index contributed by atoms with van der Waals surface area (Å²) in [5.41, 5.74) is 2.57. The molecule has 0 atom stereocenters. The molecule has 1 aliphatic rings. The van der Waals surface area contributed by atoms with E-state index in [1.54, 1.807) is 7.11 Å². The first-order valence-corrected chi connectivity index (χ1v) is 11.4. The molecule has 154 valence electrons. The van der Waals surface area contributed by atoms with Crippen molar-refractivity contribution in [2.75, 3.05) is 23.5 Å². The number of ether oxygens (including phenoxy) is 1. The van der Waals surface area contributed by atoms with Crippen molar-refractivity contribution in [2.45, 2.75) is 17.7 Å². The van der Waals surface area contributed by atoms with Crippen molar-refractivity contribution in [2.24, 2.45) is 5.92 Å². The Labute approximate surface area is 183 Å². The Bertz CT molecular complexity index is 1030. The number of nitrogens with zero attached hydrogens (tertiary/aromatic N) is 1. The number of nitrogens with one attached hydrogen (secondary N) is 2. The second kappa shape index (κ2) is 9.32. The third-order valence-corrected chi connectivity index (χ3v) is 6.35. The van der Waals surface area contributed by atoms with Gasteiger partial charge in [0.2, 0.25) is 11.8 Å². The minimum atomic E-state index is -0.109. The van der Waals surface area contributed by atoms with Gasteiger partial charge >= 0.3 is 0 Å². The van der Waals surface area contributed by atoms with E-state index >= 15 is 0 Å². The number of methoxy groups -OCH3 is 1. The predicted molar refractivity (Wildman–Crippen MR) is 121 cm³/mol. The zero-order chi connectivity index (χ0) is 20.9. The monoisotopic (exact) mass is 439 g/mol. The van der Waals surface area contributed by atoms with Crippen LogP contribution in [-0.2, 0) is 9.59 Å². The zero-order valence-electron chi connectivity index (χ0n) is 16.4. The van der Waals surface area contributed by atoms with E-state index in [1.807, 2.05) is 53.9 Å². The van der Waals surface area contributed by atoms with Gasteiger partial charge in [0.15, 0.2) is 5.13 Å². The van der Waals surface area contributed by atoms with Gasteiger partial charge in [0, 0.05) is 27.4 Å². The molecule has 1 saturated carbocycles. The summed E-state index contributed by atoms with van der Waals surface area (Å²) in [6.07, 6.45) is 1.96. The van der Waals surface area contributed by atoms with Gasteiger partial charge in [0.05, 0.1) is 18.6 Å². The van der Waals surface area contributed by atoms with Crippen LogP contribution in [0.2, 0.25) is 0 Å². The van der Waals surface area contributed by atoms with E-state index in [4.69, 9.17) is 4.74 Å². The maximum Gasteiger partial charge on any atom is 0.236 e. The third kappa shape index (κ3) is 5.40. The lowest BCUT2D eigenvalue weighted by atomic mass is 10.2. The summed E-state index contributed by atoms with van der Waals surface area (Å²) in [5.74, 6) is 1.23. The van der Waals surface area contributed by atoms with Gasteiger partial charge in [-0.2, -0.15) is 0 Å². The number of hydrogen-bond acceptors (Lipinski definition) is 6. The number of thioether (sulfide) groups is 1. The maximum absolute atomic E-state index is 12.3. The highest BCUT2D eigenvalue weighted by Gasteiger charge is 2.29. The SMILES string of the molecule is COc1ccc(-c2csc(NC(=O)CSc3ccc(NC(=O)C4CC4)cc3)n2)cc1. The molecule has 0 radical (unpaired) electrons. The molecule has 4 rings (SSSR count). The van der Waals surface area contributed by atoms with Crippen LogP contribution in [0.25, 0.3) is 11.3 Å². The van der Waals surface area contributed by atoms with E-state index in [-0.39, 0.29) is 23.5 Å². The molecule has 0 bridgehead atoms. The van der Waals surface area contributed by atoms with Crippen LogP contribution in [-0.4, -0.2) is 29.7 Å². The van der Waals surface area contributed by atoms with Gasteiger partial charge in [-0.1, -0.05) is 0 Å². The highest BCUT2D eigenvalue weighted by atomic mass is 32.2. The van der Waals surface area contributed by atoms with E-state index < -0.39 is 0 Å². The lowest BCUT2D eigenvalue weighted by Crippen LogP contribution is -2.14. The molecule has 3 aromatic rings. The molecule has 0 unspecified atom stereocenters. The molecule has 1 heterocycles. The number of carbonyl (C=O) groups is 2. The molecule has 0 aliphatic heterocycles. The molecular weight excluding hydrogens is 418 g/mol. The maximum atomic E-state index is 12.3. The second-order valence-electron chi connectivity index (χ2n) is 6.89. The summed E-state index contributed by atoms with van der Waals surface area (Å²) in [5, 5.41) is 8.25. The average molecular weight is 440 g/mol. The fourth-order valence-corrected chi connectivity index (χ4v) is 4.19. The zero-order valence-corrected chi connectivity index (χ0v) is 18.0. The van der Waals surface area contributed by atoms with E-state index in [1.165, 1.54) is 23.1 Å². The first kappa shape index (κ1) is 20.4. The third-order valence-electron chi connectivity index (χ3n) is 4.58. The summed E-state index contributed by atoms with van der Waals surface area (Å²) >= 11 is 2.84. The molecular formula is C22H21N3O3S2. The lowest BCUT2D eigenvalue weighted by molar-refractivity contribution is -0.117. The summed E-state index contributed by atoms with van der Waals surface area (Å²) in [7, 11) is 1.63. The Hall–Kier alpha value is -2.84. The Morgan fingerprint density at radius 2 is 1.83 bits per heavy atom. The smallest absolute Gasteiger partial charge is 0.236 e. The van der Waals surface area contributed by atoms with Crippen LogP contribution in [0, 0.1) is 5.92 Å². The quantitative estimate of drug-likeness (QED) is 0.488. The van der Waals surface area contributed by atoms with E-state index in [2.05, 4.69) is 15.6 Å². The van der Waals surface area contributed by atoms with Crippen LogP contribution in [0.4, 0.5) is 10.8 Å². The molecule has 1 aliphatic carbocycles. The Morgan fingerprint density at radius 3 is 2.50 bits per heavy atom. The van der Waals surface area contributed by atoms with E-state index in [0.717, 1.165) is 40.4 Å². The fraction of sp³-hybridized carbons (Fsp3) is 0.227. The molecule has 0 saturated heterocycles. The minimum absolute atomic E-state index is 0.0900. The molecule has 2 amide bonds. The van der Waals surface area contributed by atoms with Gasteiger partial charge in [-0.15, -0.1) is 23.1 Å². The van der Waals surface area contributed by atoms with Crippen LogP contribution in [0.3, 0.4) is 0 Å².